The average Bonchev–Trinajstić information content (AvgIpc) is 2.75. The third-order valence-electron chi connectivity index (χ3n) is 2.63. The molecule has 1 aromatic heterocycles. The monoisotopic (exact) mass is 220 g/mol. The van der Waals surface area contributed by atoms with Crippen LogP contribution in [0.4, 0.5) is 0 Å². The van der Waals surface area contributed by atoms with Gasteiger partial charge in [0.25, 0.3) is 0 Å². The van der Waals surface area contributed by atoms with Gasteiger partial charge in [-0.2, -0.15) is 0 Å². The molecule has 0 aliphatic heterocycles. The second-order valence-electron chi connectivity index (χ2n) is 3.51. The third kappa shape index (κ3) is 1.62. The molecular weight excluding hydrogens is 204 g/mol. The summed E-state index contributed by atoms with van der Waals surface area (Å²) in [6, 6.07) is 3.85. The Bertz CT molecular complexity index is 485. The Kier molecular flexibility index (Phi) is 3.04. The lowest BCUT2D eigenvalue weighted by molar-refractivity contribution is 0.332. The van der Waals surface area contributed by atoms with E-state index in [4.69, 9.17) is 13.9 Å². The Morgan fingerprint density at radius 1 is 1.31 bits per heavy atom. The minimum atomic E-state index is 0.641. The molecule has 0 fully saturated rings. The highest BCUT2D eigenvalue weighted by Crippen LogP contribution is 2.37. The molecule has 2 rings (SSSR count). The molecule has 3 heteroatoms. The van der Waals surface area contributed by atoms with Gasteiger partial charge in [-0.25, -0.2) is 0 Å². The van der Waals surface area contributed by atoms with Gasteiger partial charge in [0.05, 0.1) is 25.4 Å². The molecule has 86 valence electrons. The van der Waals surface area contributed by atoms with Gasteiger partial charge in [-0.1, -0.05) is 6.92 Å². The lowest BCUT2D eigenvalue weighted by Gasteiger charge is -2.13. The van der Waals surface area contributed by atoms with Gasteiger partial charge in [-0.05, 0) is 19.4 Å². The molecule has 16 heavy (non-hydrogen) atoms. The third-order valence-corrected chi connectivity index (χ3v) is 2.63. The first-order valence-corrected chi connectivity index (χ1v) is 5.51. The summed E-state index contributed by atoms with van der Waals surface area (Å²) in [5, 5.41) is 1.00. The molecule has 2 aromatic rings. The molecule has 0 spiro atoms. The maximum absolute atomic E-state index is 5.61. The SMILES string of the molecule is CCOc1cc2occc2c(OC)c1CC. The van der Waals surface area contributed by atoms with Crippen LogP contribution in [0, 0.1) is 0 Å². The summed E-state index contributed by atoms with van der Waals surface area (Å²) >= 11 is 0. The van der Waals surface area contributed by atoms with Crippen molar-refractivity contribution < 1.29 is 13.9 Å². The van der Waals surface area contributed by atoms with Gasteiger partial charge < -0.3 is 13.9 Å². The number of methoxy groups -OCH3 is 1. The summed E-state index contributed by atoms with van der Waals surface area (Å²) in [7, 11) is 1.68. The van der Waals surface area contributed by atoms with Gasteiger partial charge in [-0.15, -0.1) is 0 Å². The summed E-state index contributed by atoms with van der Waals surface area (Å²) in [5.74, 6) is 1.71. The molecule has 1 aromatic carbocycles. The minimum absolute atomic E-state index is 0.641. The highest BCUT2D eigenvalue weighted by atomic mass is 16.5. The molecule has 0 saturated heterocycles. The van der Waals surface area contributed by atoms with Gasteiger partial charge in [0.15, 0.2) is 0 Å². The molecule has 0 aliphatic rings. The van der Waals surface area contributed by atoms with Crippen molar-refractivity contribution in [1.82, 2.24) is 0 Å². The molecule has 0 unspecified atom stereocenters. The fourth-order valence-corrected chi connectivity index (χ4v) is 1.95. The lowest BCUT2D eigenvalue weighted by atomic mass is 10.1. The van der Waals surface area contributed by atoms with Crippen molar-refractivity contribution in [2.75, 3.05) is 13.7 Å². The minimum Gasteiger partial charge on any atom is -0.496 e. The van der Waals surface area contributed by atoms with Gasteiger partial charge in [0.2, 0.25) is 0 Å². The molecule has 0 aliphatic carbocycles. The highest BCUT2D eigenvalue weighted by molar-refractivity contribution is 5.87. The Morgan fingerprint density at radius 3 is 2.75 bits per heavy atom. The fraction of sp³-hybridized carbons (Fsp3) is 0.385. The smallest absolute Gasteiger partial charge is 0.141 e. The molecule has 0 N–H and O–H groups in total. The van der Waals surface area contributed by atoms with Crippen molar-refractivity contribution in [2.45, 2.75) is 20.3 Å². The van der Waals surface area contributed by atoms with Crippen LogP contribution in [0.1, 0.15) is 19.4 Å². The number of hydrogen-bond donors (Lipinski definition) is 0. The fourth-order valence-electron chi connectivity index (χ4n) is 1.95. The van der Waals surface area contributed by atoms with Crippen LogP contribution in [0.25, 0.3) is 11.0 Å². The van der Waals surface area contributed by atoms with Crippen LogP contribution in [-0.2, 0) is 6.42 Å². The van der Waals surface area contributed by atoms with E-state index in [9.17, 15) is 0 Å². The summed E-state index contributed by atoms with van der Waals surface area (Å²) in [5.41, 5.74) is 1.90. The van der Waals surface area contributed by atoms with Crippen LogP contribution in [-0.4, -0.2) is 13.7 Å². The second-order valence-corrected chi connectivity index (χ2v) is 3.51. The van der Waals surface area contributed by atoms with Gasteiger partial charge >= 0.3 is 0 Å². The van der Waals surface area contributed by atoms with Crippen molar-refractivity contribution in [3.05, 3.63) is 24.0 Å². The van der Waals surface area contributed by atoms with Crippen molar-refractivity contribution in [3.8, 4) is 11.5 Å². The molecule has 0 atom stereocenters. The van der Waals surface area contributed by atoms with E-state index in [0.717, 1.165) is 34.5 Å². The van der Waals surface area contributed by atoms with E-state index in [-0.39, 0.29) is 0 Å². The van der Waals surface area contributed by atoms with Crippen molar-refractivity contribution in [2.24, 2.45) is 0 Å². The van der Waals surface area contributed by atoms with Gasteiger partial charge in [-0.3, -0.25) is 0 Å². The van der Waals surface area contributed by atoms with Gasteiger partial charge in [0, 0.05) is 11.6 Å². The van der Waals surface area contributed by atoms with Crippen LogP contribution in [0.3, 0.4) is 0 Å². The predicted octanol–water partition coefficient (Wildman–Crippen LogP) is 3.40. The highest BCUT2D eigenvalue weighted by Gasteiger charge is 2.15. The van der Waals surface area contributed by atoms with Crippen LogP contribution >= 0.6 is 0 Å². The van der Waals surface area contributed by atoms with Crippen molar-refractivity contribution >= 4 is 11.0 Å². The lowest BCUT2D eigenvalue weighted by Crippen LogP contribution is -1.99. The van der Waals surface area contributed by atoms with E-state index in [2.05, 4.69) is 6.92 Å². The first-order valence-electron chi connectivity index (χ1n) is 5.51. The Morgan fingerprint density at radius 2 is 2.12 bits per heavy atom. The zero-order valence-corrected chi connectivity index (χ0v) is 9.87. The number of ether oxygens (including phenoxy) is 2. The van der Waals surface area contributed by atoms with E-state index >= 15 is 0 Å². The maximum atomic E-state index is 5.61. The van der Waals surface area contributed by atoms with E-state index < -0.39 is 0 Å². The van der Waals surface area contributed by atoms with Crippen LogP contribution in [0.5, 0.6) is 11.5 Å². The zero-order chi connectivity index (χ0) is 11.5. The van der Waals surface area contributed by atoms with Crippen molar-refractivity contribution in [1.29, 1.82) is 0 Å². The summed E-state index contributed by atoms with van der Waals surface area (Å²) in [6.07, 6.45) is 2.54. The quantitative estimate of drug-likeness (QED) is 0.791. The number of rotatable bonds is 4. The molecule has 0 saturated carbocycles. The number of furan rings is 1. The van der Waals surface area contributed by atoms with Gasteiger partial charge in [0.1, 0.15) is 17.1 Å². The van der Waals surface area contributed by atoms with E-state index in [1.54, 1.807) is 13.4 Å². The second kappa shape index (κ2) is 4.47. The number of hydrogen-bond acceptors (Lipinski definition) is 3. The molecular formula is C13H16O3. The Labute approximate surface area is 95.0 Å². The summed E-state index contributed by atoms with van der Waals surface area (Å²) in [6.45, 7) is 4.70. The molecule has 0 radical (unpaired) electrons. The van der Waals surface area contributed by atoms with Crippen LogP contribution < -0.4 is 9.47 Å². The van der Waals surface area contributed by atoms with Crippen LogP contribution in [0.2, 0.25) is 0 Å². The molecule has 1 heterocycles. The van der Waals surface area contributed by atoms with Crippen molar-refractivity contribution in [3.63, 3.8) is 0 Å². The normalized spacial score (nSPS) is 10.7. The van der Waals surface area contributed by atoms with E-state index in [1.807, 2.05) is 19.1 Å². The average molecular weight is 220 g/mol. The topological polar surface area (TPSA) is 31.6 Å². The maximum Gasteiger partial charge on any atom is 0.141 e. The van der Waals surface area contributed by atoms with E-state index in [0.29, 0.717) is 6.61 Å². The first kappa shape index (κ1) is 10.9. The molecule has 0 amide bonds. The summed E-state index contributed by atoms with van der Waals surface area (Å²) in [4.78, 5) is 0. The molecule has 3 nitrogen and oxygen atoms in total. The predicted molar refractivity (Wildman–Crippen MR) is 63.3 cm³/mol. The van der Waals surface area contributed by atoms with Crippen LogP contribution in [0.15, 0.2) is 22.8 Å². The summed E-state index contributed by atoms with van der Waals surface area (Å²) < 4.78 is 16.4. The first-order chi connectivity index (χ1) is 7.81. The Balaban J connectivity index is 2.69. The standard InChI is InChI=1S/C13H16O3/c1-4-9-11(15-5-2)8-12-10(6-7-16-12)13(9)14-3/h6-8H,4-5H2,1-3H3. The Hall–Kier alpha value is -1.64. The zero-order valence-electron chi connectivity index (χ0n) is 9.87. The molecule has 0 bridgehead atoms. The number of benzene rings is 1. The largest absolute Gasteiger partial charge is 0.496 e. The number of fused-ring (bicyclic) bond motifs is 1. The van der Waals surface area contributed by atoms with E-state index in [1.165, 1.54) is 0 Å².